The predicted molar refractivity (Wildman–Crippen MR) is 73.5 cm³/mol. The molecule has 1 heterocycles. The first-order valence-electron chi connectivity index (χ1n) is 7.54. The number of rotatable bonds is 2. The minimum atomic E-state index is 0.262. The smallest absolute Gasteiger partial charge is 0.136 e. The van der Waals surface area contributed by atoms with Crippen molar-refractivity contribution in [2.45, 2.75) is 78.4 Å². The topological polar surface area (TPSA) is 26.3 Å². The summed E-state index contributed by atoms with van der Waals surface area (Å²) in [7, 11) is 0. The maximum atomic E-state index is 12.1. The Bertz CT molecular complexity index is 303. The Morgan fingerprint density at radius 3 is 2.50 bits per heavy atom. The Morgan fingerprint density at radius 2 is 1.94 bits per heavy atom. The highest BCUT2D eigenvalue weighted by Gasteiger charge is 2.37. The van der Waals surface area contributed by atoms with Crippen LogP contribution < -0.4 is 0 Å². The van der Waals surface area contributed by atoms with Crippen LogP contribution in [0.2, 0.25) is 0 Å². The van der Waals surface area contributed by atoms with Gasteiger partial charge in [0.15, 0.2) is 0 Å². The monoisotopic (exact) mass is 252 g/mol. The minimum Gasteiger partial charge on any atom is -0.375 e. The summed E-state index contributed by atoms with van der Waals surface area (Å²) < 4.78 is 5.88. The van der Waals surface area contributed by atoms with Crippen LogP contribution in [0.4, 0.5) is 0 Å². The number of ether oxygens (including phenoxy) is 1. The molecule has 4 atom stereocenters. The molecule has 1 aliphatic carbocycles. The van der Waals surface area contributed by atoms with Gasteiger partial charge in [0.25, 0.3) is 0 Å². The van der Waals surface area contributed by atoms with Crippen molar-refractivity contribution >= 4 is 5.78 Å². The molecular formula is C16H28O2. The average molecular weight is 252 g/mol. The quantitative estimate of drug-likeness (QED) is 0.743. The Kier molecular flexibility index (Phi) is 4.15. The first kappa shape index (κ1) is 14.0. The average Bonchev–Trinajstić information content (AvgIpc) is 2.66. The zero-order valence-corrected chi connectivity index (χ0v) is 12.4. The maximum absolute atomic E-state index is 12.1. The van der Waals surface area contributed by atoms with Crippen molar-refractivity contribution in [3.05, 3.63) is 0 Å². The fraction of sp³-hybridized carbons (Fsp3) is 0.938. The molecule has 0 aromatic carbocycles. The second-order valence-electron chi connectivity index (χ2n) is 7.38. The highest BCUT2D eigenvalue weighted by atomic mass is 16.5. The summed E-state index contributed by atoms with van der Waals surface area (Å²) in [6.07, 6.45) is 6.96. The van der Waals surface area contributed by atoms with Gasteiger partial charge in [0.05, 0.1) is 12.2 Å². The molecule has 0 N–H and O–H groups in total. The van der Waals surface area contributed by atoms with E-state index in [0.29, 0.717) is 29.3 Å². The Hall–Kier alpha value is -0.370. The molecule has 0 bridgehead atoms. The highest BCUT2D eigenvalue weighted by molar-refractivity contribution is 5.81. The van der Waals surface area contributed by atoms with Crippen LogP contribution in [0.3, 0.4) is 0 Å². The third kappa shape index (κ3) is 3.34. The molecule has 0 radical (unpaired) electrons. The van der Waals surface area contributed by atoms with Gasteiger partial charge in [-0.15, -0.1) is 0 Å². The standard InChI is InChI=1S/C16H28O2/c1-11-5-7-14(18-11)10-12-9-13(16(2,3)4)6-8-15(12)17/h11-14H,5-10H2,1-4H3. The molecule has 0 aromatic heterocycles. The third-order valence-corrected chi connectivity index (χ3v) is 4.86. The van der Waals surface area contributed by atoms with Gasteiger partial charge in [-0.1, -0.05) is 20.8 Å². The molecule has 2 fully saturated rings. The van der Waals surface area contributed by atoms with Crippen LogP contribution in [0.25, 0.3) is 0 Å². The van der Waals surface area contributed by atoms with Crippen LogP contribution in [0.5, 0.6) is 0 Å². The molecule has 4 unspecified atom stereocenters. The summed E-state index contributed by atoms with van der Waals surface area (Å²) >= 11 is 0. The summed E-state index contributed by atoms with van der Waals surface area (Å²) in [5.41, 5.74) is 0.336. The first-order chi connectivity index (χ1) is 8.36. The SMILES string of the molecule is CC1CCC(CC2CC(C(C)(C)C)CCC2=O)O1. The van der Waals surface area contributed by atoms with E-state index < -0.39 is 0 Å². The van der Waals surface area contributed by atoms with E-state index in [-0.39, 0.29) is 5.92 Å². The van der Waals surface area contributed by atoms with Crippen LogP contribution in [0.1, 0.15) is 66.2 Å². The number of hydrogen-bond acceptors (Lipinski definition) is 2. The normalized spacial score (nSPS) is 38.1. The molecule has 0 amide bonds. The van der Waals surface area contributed by atoms with Crippen LogP contribution >= 0.6 is 0 Å². The van der Waals surface area contributed by atoms with Gasteiger partial charge < -0.3 is 4.74 Å². The van der Waals surface area contributed by atoms with E-state index in [4.69, 9.17) is 4.74 Å². The molecule has 0 aromatic rings. The molecule has 104 valence electrons. The summed E-state index contributed by atoms with van der Waals surface area (Å²) in [6.45, 7) is 9.05. The molecule has 18 heavy (non-hydrogen) atoms. The lowest BCUT2D eigenvalue weighted by Gasteiger charge is -2.37. The molecule has 2 aliphatic rings. The van der Waals surface area contributed by atoms with Crippen LogP contribution in [-0.4, -0.2) is 18.0 Å². The summed E-state index contributed by atoms with van der Waals surface area (Å²) in [6, 6.07) is 0. The van der Waals surface area contributed by atoms with Gasteiger partial charge in [-0.3, -0.25) is 4.79 Å². The van der Waals surface area contributed by atoms with Crippen molar-refractivity contribution in [1.82, 2.24) is 0 Å². The molecule has 0 spiro atoms. The largest absolute Gasteiger partial charge is 0.375 e. The van der Waals surface area contributed by atoms with E-state index >= 15 is 0 Å². The van der Waals surface area contributed by atoms with Crippen molar-refractivity contribution in [2.75, 3.05) is 0 Å². The van der Waals surface area contributed by atoms with E-state index in [1.807, 2.05) is 0 Å². The number of Topliss-reactive ketones (excluding diaryl/α,β-unsaturated/α-hetero) is 1. The third-order valence-electron chi connectivity index (χ3n) is 4.86. The van der Waals surface area contributed by atoms with Crippen LogP contribution in [-0.2, 0) is 9.53 Å². The molecule has 2 heteroatoms. The minimum absolute atomic E-state index is 0.262. The van der Waals surface area contributed by atoms with Crippen LogP contribution in [0, 0.1) is 17.3 Å². The number of carbonyl (C=O) groups excluding carboxylic acids is 1. The van der Waals surface area contributed by atoms with Gasteiger partial charge in [0.1, 0.15) is 5.78 Å². The fourth-order valence-corrected chi connectivity index (χ4v) is 3.50. The second kappa shape index (κ2) is 5.32. The molecule has 2 rings (SSSR count). The Labute approximate surface area is 111 Å². The number of hydrogen-bond donors (Lipinski definition) is 0. The number of ketones is 1. The van der Waals surface area contributed by atoms with Gasteiger partial charge in [0, 0.05) is 12.3 Å². The van der Waals surface area contributed by atoms with Crippen molar-refractivity contribution in [3.63, 3.8) is 0 Å². The van der Waals surface area contributed by atoms with Crippen molar-refractivity contribution in [1.29, 1.82) is 0 Å². The van der Waals surface area contributed by atoms with E-state index in [9.17, 15) is 4.79 Å². The van der Waals surface area contributed by atoms with Gasteiger partial charge in [-0.25, -0.2) is 0 Å². The van der Waals surface area contributed by atoms with E-state index in [1.165, 1.54) is 0 Å². The zero-order valence-electron chi connectivity index (χ0n) is 12.4. The Balaban J connectivity index is 1.92. The summed E-state index contributed by atoms with van der Waals surface area (Å²) in [5.74, 6) is 1.44. The van der Waals surface area contributed by atoms with Gasteiger partial charge >= 0.3 is 0 Å². The molecule has 1 saturated carbocycles. The van der Waals surface area contributed by atoms with Crippen molar-refractivity contribution < 1.29 is 9.53 Å². The summed E-state index contributed by atoms with van der Waals surface area (Å²) in [5, 5.41) is 0. The van der Waals surface area contributed by atoms with Crippen LogP contribution in [0.15, 0.2) is 0 Å². The van der Waals surface area contributed by atoms with Gasteiger partial charge in [-0.05, 0) is 50.4 Å². The fourth-order valence-electron chi connectivity index (χ4n) is 3.50. The van der Waals surface area contributed by atoms with Gasteiger partial charge in [0.2, 0.25) is 0 Å². The Morgan fingerprint density at radius 1 is 1.22 bits per heavy atom. The van der Waals surface area contributed by atoms with Crippen molar-refractivity contribution in [2.24, 2.45) is 17.3 Å². The molecule has 1 aliphatic heterocycles. The molecule has 1 saturated heterocycles. The highest BCUT2D eigenvalue weighted by Crippen LogP contribution is 2.41. The zero-order chi connectivity index (χ0) is 13.3. The van der Waals surface area contributed by atoms with Crippen molar-refractivity contribution in [3.8, 4) is 0 Å². The van der Waals surface area contributed by atoms with Gasteiger partial charge in [-0.2, -0.15) is 0 Å². The lowest BCUT2D eigenvalue weighted by Crippen LogP contribution is -2.33. The predicted octanol–water partition coefficient (Wildman–Crippen LogP) is 3.98. The lowest BCUT2D eigenvalue weighted by atomic mass is 9.67. The van der Waals surface area contributed by atoms with E-state index in [1.54, 1.807) is 0 Å². The van der Waals surface area contributed by atoms with E-state index in [2.05, 4.69) is 27.7 Å². The molecular weight excluding hydrogens is 224 g/mol. The second-order valence-corrected chi connectivity index (χ2v) is 7.38. The van der Waals surface area contributed by atoms with E-state index in [0.717, 1.165) is 38.5 Å². The maximum Gasteiger partial charge on any atom is 0.136 e. The first-order valence-corrected chi connectivity index (χ1v) is 7.54. The lowest BCUT2D eigenvalue weighted by molar-refractivity contribution is -0.128. The number of carbonyl (C=O) groups is 1. The molecule has 2 nitrogen and oxygen atoms in total. The summed E-state index contributed by atoms with van der Waals surface area (Å²) in [4.78, 5) is 12.1.